The average molecular weight is 800 g/mol. The zero-order valence-corrected chi connectivity index (χ0v) is 32.2. The van der Waals surface area contributed by atoms with E-state index in [1.807, 2.05) is 6.20 Å². The van der Waals surface area contributed by atoms with Gasteiger partial charge in [-0.3, -0.25) is 0 Å². The van der Waals surface area contributed by atoms with E-state index in [1.54, 1.807) is 0 Å². The first-order valence-electron chi connectivity index (χ1n) is 16.4. The minimum absolute atomic E-state index is 0. The van der Waals surface area contributed by atoms with Crippen LogP contribution in [0.25, 0.3) is 45.4 Å². The molecule has 0 saturated carbocycles. The van der Waals surface area contributed by atoms with Crippen LogP contribution in [0, 0.1) is 13.0 Å². The topological polar surface area (TPSA) is 51.6 Å². The van der Waals surface area contributed by atoms with E-state index in [0.29, 0.717) is 17.5 Å². The number of aromatic nitrogens is 4. The summed E-state index contributed by atoms with van der Waals surface area (Å²) in [5, 5.41) is 0. The van der Waals surface area contributed by atoms with Gasteiger partial charge in [0.2, 0.25) is 0 Å². The molecule has 0 amide bonds. The van der Waals surface area contributed by atoms with Gasteiger partial charge in [-0.1, -0.05) is 137 Å². The van der Waals surface area contributed by atoms with E-state index >= 15 is 0 Å². The van der Waals surface area contributed by atoms with Crippen LogP contribution in [0.3, 0.4) is 0 Å². The normalized spacial score (nSPS) is 15.2. The molecule has 5 aromatic rings. The van der Waals surface area contributed by atoms with Crippen molar-refractivity contribution in [1.29, 1.82) is 0 Å². The third-order valence-electron chi connectivity index (χ3n) is 9.60. The standard InChI is InChI=1S/C42H47N4.Ir/c1-26-32(21-22-33-35(26)42(10,11)25-41(33,8)9)34-23-16-29(24-43-34)38-45-36(27-12-17-30(18-13-27)39(2,3)4)44-37(46-38)28-14-19-31(20-15-28)40(5,6)7;/h12-20,22-24H,25H2,1-11H3;/q-1;. The second-order valence-corrected chi connectivity index (χ2v) is 16.4. The Kier molecular flexibility index (Phi) is 9.01. The predicted molar refractivity (Wildman–Crippen MR) is 191 cm³/mol. The fourth-order valence-electron chi connectivity index (χ4n) is 7.29. The summed E-state index contributed by atoms with van der Waals surface area (Å²) in [4.78, 5) is 19.9. The summed E-state index contributed by atoms with van der Waals surface area (Å²) >= 11 is 0. The smallest absolute Gasteiger partial charge is 0.165 e. The van der Waals surface area contributed by atoms with Gasteiger partial charge in [0, 0.05) is 43.0 Å². The van der Waals surface area contributed by atoms with Crippen molar-refractivity contribution in [1.82, 2.24) is 19.9 Å². The molecule has 1 aliphatic carbocycles. The molecule has 245 valence electrons. The summed E-state index contributed by atoms with van der Waals surface area (Å²) in [7, 11) is 0. The molecule has 2 heterocycles. The van der Waals surface area contributed by atoms with Gasteiger partial charge in [-0.2, -0.15) is 0 Å². The molecule has 1 aliphatic rings. The molecule has 0 N–H and O–H groups in total. The summed E-state index contributed by atoms with van der Waals surface area (Å²) in [5.74, 6) is 1.91. The van der Waals surface area contributed by atoms with Gasteiger partial charge in [0.25, 0.3) is 0 Å². The van der Waals surface area contributed by atoms with Crippen LogP contribution in [0.15, 0.2) is 72.9 Å². The molecule has 0 atom stereocenters. The van der Waals surface area contributed by atoms with Crippen molar-refractivity contribution in [3.05, 3.63) is 107 Å². The maximum absolute atomic E-state index is 4.98. The summed E-state index contributed by atoms with van der Waals surface area (Å²) in [5.41, 5.74) is 11.8. The van der Waals surface area contributed by atoms with Gasteiger partial charge in [-0.15, -0.1) is 34.4 Å². The summed E-state index contributed by atoms with van der Waals surface area (Å²) in [6.45, 7) is 25.0. The number of fused-ring (bicyclic) bond motifs is 1. The van der Waals surface area contributed by atoms with E-state index in [1.165, 1.54) is 27.8 Å². The SMILES string of the molecule is Cc1c(-c2ccc(-c3nc(-c4ccc(C(C)(C)C)cc4)nc(-c4ccc(C(C)(C)C)cc4)n3)cn2)[c-]cc2c1C(C)(C)CC2(C)C.[Ir]. The first-order chi connectivity index (χ1) is 21.4. The monoisotopic (exact) mass is 800 g/mol. The zero-order valence-electron chi connectivity index (χ0n) is 29.8. The molecule has 5 heteroatoms. The minimum atomic E-state index is 0. The third kappa shape index (κ3) is 6.76. The van der Waals surface area contributed by atoms with Crippen LogP contribution in [-0.4, -0.2) is 19.9 Å². The summed E-state index contributed by atoms with van der Waals surface area (Å²) in [6.07, 6.45) is 3.01. The molecule has 0 spiro atoms. The molecule has 0 saturated heterocycles. The van der Waals surface area contributed by atoms with Gasteiger partial charge in [-0.25, -0.2) is 15.0 Å². The van der Waals surface area contributed by atoms with E-state index in [4.69, 9.17) is 19.9 Å². The Morgan fingerprint density at radius 3 is 1.49 bits per heavy atom. The molecule has 2 aromatic heterocycles. The Bertz CT molecular complexity index is 1830. The zero-order chi connectivity index (χ0) is 33.2. The van der Waals surface area contributed by atoms with Gasteiger partial charge < -0.3 is 4.98 Å². The first-order valence-corrected chi connectivity index (χ1v) is 16.4. The molecular weight excluding hydrogens is 753 g/mol. The van der Waals surface area contributed by atoms with Crippen molar-refractivity contribution in [3.8, 4) is 45.4 Å². The molecule has 47 heavy (non-hydrogen) atoms. The Balaban J connectivity index is 0.00000433. The molecule has 0 aliphatic heterocycles. The van der Waals surface area contributed by atoms with E-state index < -0.39 is 0 Å². The molecular formula is C42H47IrN4-. The predicted octanol–water partition coefficient (Wildman–Crippen LogP) is 10.6. The van der Waals surface area contributed by atoms with Crippen molar-refractivity contribution >= 4 is 0 Å². The van der Waals surface area contributed by atoms with Crippen LogP contribution in [0.2, 0.25) is 0 Å². The molecule has 0 unspecified atom stereocenters. The fourth-order valence-corrected chi connectivity index (χ4v) is 7.29. The fraction of sp³-hybridized carbons (Fsp3) is 0.381. The quantitative estimate of drug-likeness (QED) is 0.170. The first kappa shape index (κ1) is 34.8. The summed E-state index contributed by atoms with van der Waals surface area (Å²) in [6, 6.07) is 27.1. The van der Waals surface area contributed by atoms with Gasteiger partial charge in [-0.05, 0) is 44.9 Å². The Morgan fingerprint density at radius 1 is 0.617 bits per heavy atom. The van der Waals surface area contributed by atoms with Gasteiger partial charge in [0.15, 0.2) is 17.5 Å². The van der Waals surface area contributed by atoms with Crippen molar-refractivity contribution < 1.29 is 20.1 Å². The number of nitrogens with zero attached hydrogens (tertiary/aromatic N) is 4. The second-order valence-electron chi connectivity index (χ2n) is 16.4. The molecule has 3 aromatic carbocycles. The largest absolute Gasteiger partial charge is 0.304 e. The minimum Gasteiger partial charge on any atom is -0.304 e. The van der Waals surface area contributed by atoms with Crippen molar-refractivity contribution in [3.63, 3.8) is 0 Å². The number of hydrogen-bond acceptors (Lipinski definition) is 4. The Hall–Kier alpha value is -3.53. The van der Waals surface area contributed by atoms with Crippen LogP contribution in [-0.2, 0) is 41.8 Å². The van der Waals surface area contributed by atoms with Crippen LogP contribution in [0.1, 0.15) is 103 Å². The molecule has 1 radical (unpaired) electrons. The van der Waals surface area contributed by atoms with Crippen molar-refractivity contribution in [2.45, 2.75) is 104 Å². The van der Waals surface area contributed by atoms with Crippen LogP contribution < -0.4 is 0 Å². The molecule has 6 rings (SSSR count). The van der Waals surface area contributed by atoms with Crippen LogP contribution >= 0.6 is 0 Å². The number of hydrogen-bond donors (Lipinski definition) is 0. The van der Waals surface area contributed by atoms with Crippen LogP contribution in [0.5, 0.6) is 0 Å². The molecule has 4 nitrogen and oxygen atoms in total. The van der Waals surface area contributed by atoms with Crippen molar-refractivity contribution in [2.24, 2.45) is 0 Å². The molecule has 0 fully saturated rings. The van der Waals surface area contributed by atoms with Gasteiger partial charge >= 0.3 is 0 Å². The third-order valence-corrected chi connectivity index (χ3v) is 9.60. The van der Waals surface area contributed by atoms with Gasteiger partial charge in [0.1, 0.15) is 0 Å². The second kappa shape index (κ2) is 12.2. The van der Waals surface area contributed by atoms with Crippen LogP contribution in [0.4, 0.5) is 0 Å². The number of pyridine rings is 1. The van der Waals surface area contributed by atoms with Gasteiger partial charge in [0.05, 0.1) is 0 Å². The number of rotatable bonds is 4. The molecule has 0 bridgehead atoms. The van der Waals surface area contributed by atoms with Crippen molar-refractivity contribution in [2.75, 3.05) is 0 Å². The Labute approximate surface area is 295 Å². The Morgan fingerprint density at radius 2 is 1.06 bits per heavy atom. The maximum Gasteiger partial charge on any atom is 0.165 e. The van der Waals surface area contributed by atoms with E-state index in [2.05, 4.69) is 149 Å². The summed E-state index contributed by atoms with van der Waals surface area (Å²) < 4.78 is 0. The van der Waals surface area contributed by atoms with E-state index in [9.17, 15) is 0 Å². The maximum atomic E-state index is 4.98. The van der Waals surface area contributed by atoms with E-state index in [-0.39, 0.29) is 41.8 Å². The number of benzene rings is 3. The average Bonchev–Trinajstić information content (AvgIpc) is 3.19. The van der Waals surface area contributed by atoms with E-state index in [0.717, 1.165) is 34.4 Å².